The molecule has 0 aliphatic carbocycles. The summed E-state index contributed by atoms with van der Waals surface area (Å²) in [6.07, 6.45) is 1.66. The summed E-state index contributed by atoms with van der Waals surface area (Å²) in [5.41, 5.74) is 5.87. The molecule has 2 heterocycles. The van der Waals surface area contributed by atoms with E-state index in [4.69, 9.17) is 5.73 Å². The van der Waals surface area contributed by atoms with Crippen molar-refractivity contribution < 1.29 is 9.59 Å². The van der Waals surface area contributed by atoms with Crippen molar-refractivity contribution in [2.24, 2.45) is 11.7 Å². The molecule has 1 aromatic heterocycles. The third-order valence-electron chi connectivity index (χ3n) is 3.82. The molecule has 124 valence electrons. The number of hydrogen-bond acceptors (Lipinski definition) is 4. The number of thiophene rings is 1. The van der Waals surface area contributed by atoms with Crippen molar-refractivity contribution in [3.8, 4) is 0 Å². The third-order valence-corrected chi connectivity index (χ3v) is 4.68. The van der Waals surface area contributed by atoms with Crippen molar-refractivity contribution in [1.29, 1.82) is 0 Å². The van der Waals surface area contributed by atoms with Gasteiger partial charge in [-0.05, 0) is 30.2 Å². The van der Waals surface area contributed by atoms with Crippen LogP contribution in [0.5, 0.6) is 0 Å². The van der Waals surface area contributed by atoms with Crippen LogP contribution in [0.25, 0.3) is 0 Å². The highest BCUT2D eigenvalue weighted by atomic mass is 35.5. The van der Waals surface area contributed by atoms with Crippen molar-refractivity contribution in [2.45, 2.75) is 38.8 Å². The van der Waals surface area contributed by atoms with E-state index in [0.29, 0.717) is 18.0 Å². The predicted molar refractivity (Wildman–Crippen MR) is 91.4 cm³/mol. The number of carbonyl (C=O) groups excluding carboxylic acids is 2. The van der Waals surface area contributed by atoms with E-state index < -0.39 is 6.04 Å². The van der Waals surface area contributed by atoms with Crippen LogP contribution in [0.4, 0.5) is 0 Å². The van der Waals surface area contributed by atoms with E-state index in [1.807, 2.05) is 30.2 Å². The number of carbonyl (C=O) groups is 2. The van der Waals surface area contributed by atoms with Crippen LogP contribution in [-0.2, 0) is 4.79 Å². The van der Waals surface area contributed by atoms with Crippen LogP contribution in [0, 0.1) is 5.92 Å². The maximum Gasteiger partial charge on any atom is 0.262 e. The highest BCUT2D eigenvalue weighted by Crippen LogP contribution is 2.15. The third kappa shape index (κ3) is 4.69. The Bertz CT molecular complexity index is 485. The Morgan fingerprint density at radius 2 is 2.00 bits per heavy atom. The second-order valence-corrected chi connectivity index (χ2v) is 6.78. The van der Waals surface area contributed by atoms with Gasteiger partial charge in [-0.1, -0.05) is 19.9 Å². The van der Waals surface area contributed by atoms with E-state index in [1.54, 1.807) is 6.07 Å². The molecule has 0 spiro atoms. The van der Waals surface area contributed by atoms with Crippen LogP contribution in [0.1, 0.15) is 36.4 Å². The quantitative estimate of drug-likeness (QED) is 0.874. The van der Waals surface area contributed by atoms with E-state index in [-0.39, 0.29) is 36.2 Å². The molecule has 1 unspecified atom stereocenters. The maximum atomic E-state index is 12.6. The number of nitrogens with zero attached hydrogens (tertiary/aromatic N) is 1. The summed E-state index contributed by atoms with van der Waals surface area (Å²) in [6.45, 7) is 5.26. The average molecular weight is 346 g/mol. The fourth-order valence-electron chi connectivity index (χ4n) is 2.45. The van der Waals surface area contributed by atoms with E-state index in [0.717, 1.165) is 12.8 Å². The number of likely N-dealkylation sites (tertiary alicyclic amines) is 1. The lowest BCUT2D eigenvalue weighted by atomic mass is 10.00. The Hall–Kier alpha value is -1.11. The Morgan fingerprint density at radius 1 is 1.36 bits per heavy atom. The molecular weight excluding hydrogens is 322 g/mol. The fraction of sp³-hybridized carbons (Fsp3) is 0.600. The van der Waals surface area contributed by atoms with Gasteiger partial charge in [0, 0.05) is 19.1 Å². The fourth-order valence-corrected chi connectivity index (χ4v) is 3.08. The predicted octanol–water partition coefficient (Wildman–Crippen LogP) is 1.87. The number of hydrogen-bond donors (Lipinski definition) is 2. The van der Waals surface area contributed by atoms with Gasteiger partial charge in [0.2, 0.25) is 5.91 Å². The molecule has 0 radical (unpaired) electrons. The first-order valence-electron chi connectivity index (χ1n) is 7.37. The molecule has 2 rings (SSSR count). The molecule has 1 atom stereocenters. The molecule has 0 saturated carbocycles. The Labute approximate surface area is 141 Å². The van der Waals surface area contributed by atoms with Gasteiger partial charge in [-0.2, -0.15) is 0 Å². The monoisotopic (exact) mass is 345 g/mol. The smallest absolute Gasteiger partial charge is 0.262 e. The second-order valence-electron chi connectivity index (χ2n) is 5.84. The van der Waals surface area contributed by atoms with Gasteiger partial charge in [-0.3, -0.25) is 9.59 Å². The molecule has 1 aromatic rings. The molecule has 22 heavy (non-hydrogen) atoms. The van der Waals surface area contributed by atoms with Gasteiger partial charge in [-0.15, -0.1) is 23.7 Å². The number of nitrogens with one attached hydrogen (secondary N) is 1. The summed E-state index contributed by atoms with van der Waals surface area (Å²) >= 11 is 1.38. The largest absolute Gasteiger partial charge is 0.341 e. The SMILES string of the molecule is CC(C)C(NC(=O)c1cccs1)C(=O)N1CCC(N)CC1.Cl. The van der Waals surface area contributed by atoms with Crippen LogP contribution in [0.15, 0.2) is 17.5 Å². The summed E-state index contributed by atoms with van der Waals surface area (Å²) in [7, 11) is 0. The zero-order chi connectivity index (χ0) is 15.4. The van der Waals surface area contributed by atoms with Gasteiger partial charge in [0.25, 0.3) is 5.91 Å². The van der Waals surface area contributed by atoms with Gasteiger partial charge < -0.3 is 16.0 Å². The van der Waals surface area contributed by atoms with Crippen LogP contribution >= 0.6 is 23.7 Å². The normalized spacial score (nSPS) is 17.0. The molecule has 0 bridgehead atoms. The zero-order valence-electron chi connectivity index (χ0n) is 13.0. The highest BCUT2D eigenvalue weighted by molar-refractivity contribution is 7.12. The lowest BCUT2D eigenvalue weighted by Gasteiger charge is -2.34. The highest BCUT2D eigenvalue weighted by Gasteiger charge is 2.30. The van der Waals surface area contributed by atoms with Crippen molar-refractivity contribution in [2.75, 3.05) is 13.1 Å². The Balaban J connectivity index is 0.00000242. The van der Waals surface area contributed by atoms with Crippen molar-refractivity contribution in [3.63, 3.8) is 0 Å². The minimum atomic E-state index is -0.478. The summed E-state index contributed by atoms with van der Waals surface area (Å²) in [5.74, 6) is -0.121. The minimum Gasteiger partial charge on any atom is -0.341 e. The number of halogens is 1. The van der Waals surface area contributed by atoms with Crippen molar-refractivity contribution in [1.82, 2.24) is 10.2 Å². The van der Waals surface area contributed by atoms with Gasteiger partial charge in [0.15, 0.2) is 0 Å². The molecule has 1 saturated heterocycles. The topological polar surface area (TPSA) is 75.4 Å². The van der Waals surface area contributed by atoms with E-state index in [1.165, 1.54) is 11.3 Å². The minimum absolute atomic E-state index is 0. The van der Waals surface area contributed by atoms with Crippen LogP contribution < -0.4 is 11.1 Å². The van der Waals surface area contributed by atoms with Gasteiger partial charge >= 0.3 is 0 Å². The number of nitrogens with two attached hydrogens (primary N) is 1. The van der Waals surface area contributed by atoms with E-state index >= 15 is 0 Å². The van der Waals surface area contributed by atoms with Gasteiger partial charge in [0.05, 0.1) is 4.88 Å². The molecule has 5 nitrogen and oxygen atoms in total. The Kier molecular flexibility index (Phi) is 7.32. The standard InChI is InChI=1S/C15H23N3O2S.ClH/c1-10(2)13(17-14(19)12-4-3-9-21-12)15(20)18-7-5-11(16)6-8-18;/h3-4,9-11,13H,5-8,16H2,1-2H3,(H,17,19);1H. The average Bonchev–Trinajstić information content (AvgIpc) is 2.98. The molecule has 1 aliphatic rings. The van der Waals surface area contributed by atoms with E-state index in [2.05, 4.69) is 5.32 Å². The molecule has 3 N–H and O–H groups in total. The molecule has 1 aliphatic heterocycles. The molecule has 1 fully saturated rings. The van der Waals surface area contributed by atoms with Crippen LogP contribution in [0.3, 0.4) is 0 Å². The van der Waals surface area contributed by atoms with E-state index in [9.17, 15) is 9.59 Å². The summed E-state index contributed by atoms with van der Waals surface area (Å²) in [6, 6.07) is 3.31. The number of piperidine rings is 1. The Morgan fingerprint density at radius 3 is 2.50 bits per heavy atom. The van der Waals surface area contributed by atoms with Crippen LogP contribution in [0.2, 0.25) is 0 Å². The lowest BCUT2D eigenvalue weighted by molar-refractivity contribution is -0.135. The molecule has 7 heteroatoms. The molecule has 0 aromatic carbocycles. The summed E-state index contributed by atoms with van der Waals surface area (Å²) in [5, 5.41) is 4.73. The van der Waals surface area contributed by atoms with Gasteiger partial charge in [-0.25, -0.2) is 0 Å². The van der Waals surface area contributed by atoms with Crippen molar-refractivity contribution in [3.05, 3.63) is 22.4 Å². The summed E-state index contributed by atoms with van der Waals surface area (Å²) < 4.78 is 0. The summed E-state index contributed by atoms with van der Waals surface area (Å²) in [4.78, 5) is 27.2. The molecule has 2 amide bonds. The first-order chi connectivity index (χ1) is 9.99. The first-order valence-corrected chi connectivity index (χ1v) is 8.25. The van der Waals surface area contributed by atoms with Crippen molar-refractivity contribution >= 4 is 35.6 Å². The zero-order valence-corrected chi connectivity index (χ0v) is 14.6. The first kappa shape index (κ1) is 18.9. The number of amides is 2. The second kappa shape index (κ2) is 8.50. The maximum absolute atomic E-state index is 12.6. The van der Waals surface area contributed by atoms with Gasteiger partial charge in [0.1, 0.15) is 6.04 Å². The molecular formula is C15H24ClN3O2S. The lowest BCUT2D eigenvalue weighted by Crippen LogP contribution is -2.53. The number of rotatable bonds is 4. The van der Waals surface area contributed by atoms with Crippen LogP contribution in [-0.4, -0.2) is 41.9 Å².